The molecule has 0 heterocycles. The molecule has 3 rings (SSSR count). The largest absolute Gasteiger partial charge is 0.345 e. The molecule has 24 heavy (non-hydrogen) atoms. The molecule has 0 aromatic heterocycles. The van der Waals surface area contributed by atoms with Gasteiger partial charge in [0.2, 0.25) is 0 Å². The van der Waals surface area contributed by atoms with Gasteiger partial charge in [0.05, 0.1) is 21.5 Å². The van der Waals surface area contributed by atoms with Crippen LogP contribution in [0.1, 0.15) is 40.4 Å². The van der Waals surface area contributed by atoms with Crippen molar-refractivity contribution in [2.45, 2.75) is 30.2 Å². The standard InChI is InChI=1S/C18H18ClNO3S/c1-24(22,23)13-9-10-16(19)15(11-13)18(21)20-17-8-4-6-12-5-2-3-7-14(12)17/h2-3,5,7,9-11,17H,4,6,8H2,1H3,(H,20,21)/t17-/m0/s1. The number of amides is 1. The minimum atomic E-state index is -3.40. The lowest BCUT2D eigenvalue weighted by Crippen LogP contribution is -2.31. The van der Waals surface area contributed by atoms with E-state index in [0.29, 0.717) is 0 Å². The minimum absolute atomic E-state index is 0.0830. The maximum absolute atomic E-state index is 12.6. The van der Waals surface area contributed by atoms with E-state index in [1.54, 1.807) is 0 Å². The normalized spacial score (nSPS) is 17.2. The van der Waals surface area contributed by atoms with Crippen molar-refractivity contribution in [3.05, 3.63) is 64.2 Å². The molecule has 2 aromatic rings. The van der Waals surface area contributed by atoms with Crippen LogP contribution < -0.4 is 5.32 Å². The number of halogens is 1. The molecule has 126 valence electrons. The molecule has 0 saturated heterocycles. The number of nitrogens with one attached hydrogen (secondary N) is 1. The van der Waals surface area contributed by atoms with Crippen molar-refractivity contribution in [2.24, 2.45) is 0 Å². The van der Waals surface area contributed by atoms with Crippen LogP contribution in [0.5, 0.6) is 0 Å². The van der Waals surface area contributed by atoms with Gasteiger partial charge >= 0.3 is 0 Å². The molecule has 6 heteroatoms. The second kappa shape index (κ2) is 6.57. The third kappa shape index (κ3) is 3.47. The topological polar surface area (TPSA) is 63.2 Å². The van der Waals surface area contributed by atoms with Gasteiger partial charge in [-0.15, -0.1) is 0 Å². The predicted octanol–water partition coefficient (Wildman–Crippen LogP) is 3.55. The summed E-state index contributed by atoms with van der Waals surface area (Å²) in [4.78, 5) is 12.7. The van der Waals surface area contributed by atoms with Crippen molar-refractivity contribution in [3.8, 4) is 0 Å². The zero-order valence-electron chi connectivity index (χ0n) is 13.3. The highest BCUT2D eigenvalue weighted by molar-refractivity contribution is 7.90. The Morgan fingerprint density at radius 2 is 1.96 bits per heavy atom. The SMILES string of the molecule is CS(=O)(=O)c1ccc(Cl)c(C(=O)N[C@H]2CCCc3ccccc32)c1. The summed E-state index contributed by atoms with van der Waals surface area (Å²) in [5.74, 6) is -0.354. The molecule has 1 aliphatic carbocycles. The summed E-state index contributed by atoms with van der Waals surface area (Å²) >= 11 is 6.10. The fourth-order valence-corrected chi connectivity index (χ4v) is 3.90. The molecular weight excluding hydrogens is 346 g/mol. The Morgan fingerprint density at radius 1 is 1.21 bits per heavy atom. The molecule has 0 radical (unpaired) electrons. The number of benzene rings is 2. The summed E-state index contributed by atoms with van der Waals surface area (Å²) in [6, 6.07) is 12.2. The van der Waals surface area contributed by atoms with Gasteiger partial charge < -0.3 is 5.32 Å². The first-order chi connectivity index (χ1) is 11.4. The van der Waals surface area contributed by atoms with Crippen LogP contribution in [0.4, 0.5) is 0 Å². The van der Waals surface area contributed by atoms with Gasteiger partial charge in [0.15, 0.2) is 9.84 Å². The summed E-state index contributed by atoms with van der Waals surface area (Å²) in [5.41, 5.74) is 2.54. The van der Waals surface area contributed by atoms with E-state index in [0.717, 1.165) is 31.1 Å². The molecular formula is C18H18ClNO3S. The molecule has 0 spiro atoms. The highest BCUT2D eigenvalue weighted by atomic mass is 35.5. The summed E-state index contributed by atoms with van der Waals surface area (Å²) in [5, 5.41) is 3.23. The zero-order valence-corrected chi connectivity index (χ0v) is 14.8. The highest BCUT2D eigenvalue weighted by Gasteiger charge is 2.23. The van der Waals surface area contributed by atoms with E-state index in [4.69, 9.17) is 11.6 Å². The second-order valence-electron chi connectivity index (χ2n) is 6.03. The fourth-order valence-electron chi connectivity index (χ4n) is 3.05. The van der Waals surface area contributed by atoms with E-state index in [2.05, 4.69) is 11.4 Å². The molecule has 4 nitrogen and oxygen atoms in total. The van der Waals surface area contributed by atoms with Crippen LogP contribution in [0.15, 0.2) is 47.4 Å². The van der Waals surface area contributed by atoms with E-state index in [1.807, 2.05) is 18.2 Å². The Bertz CT molecular complexity index is 893. The Hall–Kier alpha value is -1.85. The average molecular weight is 364 g/mol. The molecule has 0 fully saturated rings. The third-order valence-electron chi connectivity index (χ3n) is 4.29. The van der Waals surface area contributed by atoms with Gasteiger partial charge in [-0.1, -0.05) is 35.9 Å². The summed E-state index contributed by atoms with van der Waals surface area (Å²) in [6.07, 6.45) is 3.97. The molecule has 2 aromatic carbocycles. The first-order valence-electron chi connectivity index (χ1n) is 7.74. The van der Waals surface area contributed by atoms with Crippen molar-refractivity contribution in [1.29, 1.82) is 0 Å². The van der Waals surface area contributed by atoms with E-state index in [9.17, 15) is 13.2 Å². The van der Waals surface area contributed by atoms with Gasteiger partial charge in [-0.3, -0.25) is 4.79 Å². The fraction of sp³-hybridized carbons (Fsp3) is 0.278. The van der Waals surface area contributed by atoms with Crippen molar-refractivity contribution in [1.82, 2.24) is 5.32 Å². The lowest BCUT2D eigenvalue weighted by Gasteiger charge is -2.26. The molecule has 1 N–H and O–H groups in total. The molecule has 0 bridgehead atoms. The Kier molecular flexibility index (Phi) is 4.65. The first-order valence-corrected chi connectivity index (χ1v) is 10.0. The van der Waals surface area contributed by atoms with Gasteiger partial charge in [-0.25, -0.2) is 8.42 Å². The number of rotatable bonds is 3. The molecule has 1 atom stereocenters. The van der Waals surface area contributed by atoms with Gasteiger partial charge in [-0.05, 0) is 48.6 Å². The lowest BCUT2D eigenvalue weighted by molar-refractivity contribution is 0.0932. The van der Waals surface area contributed by atoms with Crippen LogP contribution in [-0.4, -0.2) is 20.6 Å². The quantitative estimate of drug-likeness (QED) is 0.907. The molecule has 0 unspecified atom stereocenters. The van der Waals surface area contributed by atoms with Crippen LogP contribution in [-0.2, 0) is 16.3 Å². The number of hydrogen-bond donors (Lipinski definition) is 1. The van der Waals surface area contributed by atoms with Crippen molar-refractivity contribution in [3.63, 3.8) is 0 Å². The maximum Gasteiger partial charge on any atom is 0.253 e. The van der Waals surface area contributed by atoms with Crippen LogP contribution in [0.2, 0.25) is 5.02 Å². The second-order valence-corrected chi connectivity index (χ2v) is 8.45. The van der Waals surface area contributed by atoms with Crippen molar-refractivity contribution >= 4 is 27.3 Å². The van der Waals surface area contributed by atoms with E-state index in [1.165, 1.54) is 23.8 Å². The van der Waals surface area contributed by atoms with Crippen LogP contribution in [0, 0.1) is 0 Å². The monoisotopic (exact) mass is 363 g/mol. The van der Waals surface area contributed by atoms with Gasteiger partial charge in [-0.2, -0.15) is 0 Å². The van der Waals surface area contributed by atoms with E-state index < -0.39 is 9.84 Å². The zero-order chi connectivity index (χ0) is 17.3. The van der Waals surface area contributed by atoms with Gasteiger partial charge in [0.25, 0.3) is 5.91 Å². The summed E-state index contributed by atoms with van der Waals surface area (Å²) < 4.78 is 23.4. The molecule has 1 aliphatic rings. The number of fused-ring (bicyclic) bond motifs is 1. The number of aryl methyl sites for hydroxylation is 1. The van der Waals surface area contributed by atoms with E-state index in [-0.39, 0.29) is 27.4 Å². The predicted molar refractivity (Wildman–Crippen MR) is 94.1 cm³/mol. The van der Waals surface area contributed by atoms with Crippen molar-refractivity contribution in [2.75, 3.05) is 6.26 Å². The number of carbonyl (C=O) groups is 1. The van der Waals surface area contributed by atoms with Crippen LogP contribution in [0.25, 0.3) is 0 Å². The van der Waals surface area contributed by atoms with Gasteiger partial charge in [0, 0.05) is 6.26 Å². The first kappa shape index (κ1) is 17.0. The average Bonchev–Trinajstić information content (AvgIpc) is 2.54. The lowest BCUT2D eigenvalue weighted by atomic mass is 9.87. The molecule has 0 saturated carbocycles. The number of sulfone groups is 1. The summed E-state index contributed by atoms with van der Waals surface area (Å²) in [7, 11) is -3.40. The van der Waals surface area contributed by atoms with Crippen molar-refractivity contribution < 1.29 is 13.2 Å². The highest BCUT2D eigenvalue weighted by Crippen LogP contribution is 2.30. The smallest absolute Gasteiger partial charge is 0.253 e. The maximum atomic E-state index is 12.6. The van der Waals surface area contributed by atoms with Gasteiger partial charge in [0.1, 0.15) is 0 Å². The van der Waals surface area contributed by atoms with E-state index >= 15 is 0 Å². The molecule has 1 amide bonds. The Labute approximate surface area is 146 Å². The third-order valence-corrected chi connectivity index (χ3v) is 5.73. The number of hydrogen-bond acceptors (Lipinski definition) is 3. The molecule has 0 aliphatic heterocycles. The summed E-state index contributed by atoms with van der Waals surface area (Å²) in [6.45, 7) is 0. The van der Waals surface area contributed by atoms with Crippen LogP contribution in [0.3, 0.4) is 0 Å². The minimum Gasteiger partial charge on any atom is -0.345 e. The van der Waals surface area contributed by atoms with Crippen LogP contribution >= 0.6 is 11.6 Å². The Morgan fingerprint density at radius 3 is 2.71 bits per heavy atom. The number of carbonyl (C=O) groups excluding carboxylic acids is 1. The Balaban J connectivity index is 1.89.